The Labute approximate surface area is 193 Å². The minimum absolute atomic E-state index is 0.0210. The number of ether oxygens (including phenoxy) is 2. The van der Waals surface area contributed by atoms with Crippen LogP contribution in [0.25, 0.3) is 0 Å². The molecule has 1 aliphatic carbocycles. The molecule has 8 heteroatoms. The highest BCUT2D eigenvalue weighted by molar-refractivity contribution is 6.33. The van der Waals surface area contributed by atoms with Crippen LogP contribution in [0.4, 0.5) is 10.5 Å². The van der Waals surface area contributed by atoms with Crippen LogP contribution in [0.2, 0.25) is 5.02 Å². The van der Waals surface area contributed by atoms with Crippen LogP contribution in [0.1, 0.15) is 31.2 Å². The summed E-state index contributed by atoms with van der Waals surface area (Å²) in [5.41, 5.74) is 2.74. The first-order valence-corrected chi connectivity index (χ1v) is 11.1. The maximum absolute atomic E-state index is 12.2. The monoisotopic (exact) mass is 455 g/mol. The number of methoxy groups -OCH3 is 2. The number of halogens is 1. The molecule has 2 aromatic rings. The lowest BCUT2D eigenvalue weighted by molar-refractivity contribution is -0.0871. The van der Waals surface area contributed by atoms with Crippen molar-refractivity contribution < 1.29 is 19.1 Å². The average Bonchev–Trinajstić information content (AvgIpc) is 3.15. The third kappa shape index (κ3) is 4.24. The van der Waals surface area contributed by atoms with E-state index in [4.69, 9.17) is 21.1 Å². The first-order chi connectivity index (χ1) is 15.5. The molecular formula is C24H28ClN4O3+. The number of amides is 2. The zero-order chi connectivity index (χ0) is 22.7. The van der Waals surface area contributed by atoms with E-state index >= 15 is 0 Å². The first-order valence-electron chi connectivity index (χ1n) is 10.7. The summed E-state index contributed by atoms with van der Waals surface area (Å²) in [6, 6.07) is 13.1. The van der Waals surface area contributed by atoms with Crippen LogP contribution < -0.4 is 14.8 Å². The molecule has 1 saturated heterocycles. The number of likely N-dealkylation sites (N-methyl/N-ethyl adjacent to an activating group) is 1. The molecule has 32 heavy (non-hydrogen) atoms. The van der Waals surface area contributed by atoms with Crippen molar-refractivity contribution in [3.05, 3.63) is 53.1 Å². The van der Waals surface area contributed by atoms with Gasteiger partial charge in [-0.25, -0.2) is 4.79 Å². The van der Waals surface area contributed by atoms with Gasteiger partial charge in [-0.05, 0) is 56.3 Å². The summed E-state index contributed by atoms with van der Waals surface area (Å²) in [6.07, 6.45) is 3.58. The number of anilines is 1. The second-order valence-electron chi connectivity index (χ2n) is 8.35. The van der Waals surface area contributed by atoms with Crippen LogP contribution in [0, 0.1) is 0 Å². The fraction of sp³-hybridized carbons (Fsp3) is 0.417. The van der Waals surface area contributed by atoms with Crippen molar-refractivity contribution in [2.24, 2.45) is 5.11 Å². The third-order valence-corrected chi connectivity index (χ3v) is 7.05. The van der Waals surface area contributed by atoms with E-state index in [-0.39, 0.29) is 11.5 Å². The average molecular weight is 456 g/mol. The molecule has 4 rings (SSSR count). The molecule has 0 unspecified atom stereocenters. The molecule has 2 atom stereocenters. The van der Waals surface area contributed by atoms with Crippen LogP contribution in [-0.4, -0.2) is 55.3 Å². The third-order valence-electron chi connectivity index (χ3n) is 6.73. The summed E-state index contributed by atoms with van der Waals surface area (Å²) in [6.45, 7) is 1.01. The van der Waals surface area contributed by atoms with Gasteiger partial charge in [0, 0.05) is 11.5 Å². The quantitative estimate of drug-likeness (QED) is 0.529. The number of rotatable bonds is 4. The Morgan fingerprint density at radius 3 is 2.72 bits per heavy atom. The number of hydrogen-bond donors (Lipinski definition) is 1. The number of para-hydroxylation sites is 1. The predicted molar refractivity (Wildman–Crippen MR) is 124 cm³/mol. The zero-order valence-corrected chi connectivity index (χ0v) is 19.4. The van der Waals surface area contributed by atoms with E-state index in [1.165, 1.54) is 5.56 Å². The van der Waals surface area contributed by atoms with Gasteiger partial charge in [0.05, 0.1) is 42.6 Å². The lowest BCUT2D eigenvalue weighted by Crippen LogP contribution is -2.46. The van der Waals surface area contributed by atoms with Crippen molar-refractivity contribution >= 4 is 29.0 Å². The lowest BCUT2D eigenvalue weighted by Gasteiger charge is -2.39. The van der Waals surface area contributed by atoms with Gasteiger partial charge < -0.3 is 14.4 Å². The number of likely N-dealkylation sites (tertiary alicyclic amines) is 1. The predicted octanol–water partition coefficient (Wildman–Crippen LogP) is 4.82. The maximum Gasteiger partial charge on any atom is 0.423 e. The molecule has 2 aliphatic rings. The Hall–Kier alpha value is -2.86. The fourth-order valence-corrected chi connectivity index (χ4v) is 5.18. The second kappa shape index (κ2) is 9.33. The number of urea groups is 1. The lowest BCUT2D eigenvalue weighted by atomic mass is 9.65. The molecule has 2 aromatic carbocycles. The fourth-order valence-electron chi connectivity index (χ4n) is 4.99. The van der Waals surface area contributed by atoms with E-state index in [2.05, 4.69) is 39.3 Å². The van der Waals surface area contributed by atoms with Crippen molar-refractivity contribution in [3.63, 3.8) is 0 Å². The smallest absolute Gasteiger partial charge is 0.423 e. The van der Waals surface area contributed by atoms with E-state index in [0.29, 0.717) is 10.7 Å². The van der Waals surface area contributed by atoms with Crippen molar-refractivity contribution in [2.75, 3.05) is 33.1 Å². The van der Waals surface area contributed by atoms with Gasteiger partial charge in [-0.3, -0.25) is 5.32 Å². The highest BCUT2D eigenvalue weighted by Crippen LogP contribution is 2.49. The molecule has 7 nitrogen and oxygen atoms in total. The summed E-state index contributed by atoms with van der Waals surface area (Å²) in [5, 5.41) is 7.04. The molecule has 1 saturated carbocycles. The van der Waals surface area contributed by atoms with Gasteiger partial charge in [0.2, 0.25) is 0 Å². The number of hydrogen-bond acceptors (Lipinski definition) is 4. The summed E-state index contributed by atoms with van der Waals surface area (Å²) in [5.74, 6) is 1.48. The van der Waals surface area contributed by atoms with Gasteiger partial charge in [0.15, 0.2) is 16.6 Å². The summed E-state index contributed by atoms with van der Waals surface area (Å²) in [4.78, 5) is 18.9. The highest BCUT2D eigenvalue weighted by atomic mass is 35.5. The summed E-state index contributed by atoms with van der Waals surface area (Å²) < 4.78 is 11.0. The van der Waals surface area contributed by atoms with Gasteiger partial charge >= 0.3 is 11.7 Å². The molecule has 0 aromatic heterocycles. The molecular weight excluding hydrogens is 428 g/mol. The molecule has 2 fully saturated rings. The van der Waals surface area contributed by atoms with E-state index in [1.54, 1.807) is 38.5 Å². The molecule has 1 N–H and O–H groups in total. The number of carbonyl (C=O) groups is 1. The molecule has 2 amide bonds. The van der Waals surface area contributed by atoms with E-state index < -0.39 is 6.03 Å². The first kappa shape index (κ1) is 22.3. The van der Waals surface area contributed by atoms with Gasteiger partial charge in [0.1, 0.15) is 0 Å². The Morgan fingerprint density at radius 1 is 1.19 bits per heavy atom. The molecule has 0 radical (unpaired) electrons. The van der Waals surface area contributed by atoms with Crippen molar-refractivity contribution in [1.82, 2.24) is 4.90 Å². The maximum atomic E-state index is 12.2. The van der Waals surface area contributed by atoms with Crippen molar-refractivity contribution in [2.45, 2.75) is 37.1 Å². The molecule has 0 spiro atoms. The number of nitrogens with zero attached hydrogens (tertiary/aromatic N) is 3. The largest absolute Gasteiger partial charge is 0.493 e. The molecule has 1 heterocycles. The van der Waals surface area contributed by atoms with Gasteiger partial charge in [-0.2, -0.15) is 0 Å². The Bertz CT molecular complexity index is 1080. The standard InChI is InChI=1S/C24H27ClN4O3/c1-29-13-12-24(16-8-9-20(31-2)21(14-16)32-3)11-10-17(15-22(24)29)27-28-23(30)26-19-7-5-4-6-18(19)25/h4-9,14,22H,10-13,15H2,1-3H3/p+1/t22-,24-/m0/s1. The van der Waals surface area contributed by atoms with E-state index in [0.717, 1.165) is 49.4 Å². The van der Waals surface area contributed by atoms with Crippen LogP contribution in [0.3, 0.4) is 0 Å². The van der Waals surface area contributed by atoms with Crippen LogP contribution in [-0.2, 0) is 5.41 Å². The van der Waals surface area contributed by atoms with Crippen LogP contribution in [0.15, 0.2) is 47.6 Å². The van der Waals surface area contributed by atoms with Crippen molar-refractivity contribution in [3.8, 4) is 11.5 Å². The summed E-state index contributed by atoms with van der Waals surface area (Å²) in [7, 11) is 5.46. The van der Waals surface area contributed by atoms with Crippen LogP contribution in [0.5, 0.6) is 11.5 Å². The topological polar surface area (TPSA) is 77.3 Å². The minimum Gasteiger partial charge on any atom is -0.493 e. The number of fused-ring (bicyclic) bond motifs is 1. The van der Waals surface area contributed by atoms with E-state index in [1.807, 2.05) is 6.07 Å². The normalized spacial score (nSPS) is 22.6. The zero-order valence-electron chi connectivity index (χ0n) is 18.6. The second-order valence-corrected chi connectivity index (χ2v) is 8.76. The summed E-state index contributed by atoms with van der Waals surface area (Å²) >= 11 is 6.09. The molecule has 1 aliphatic heterocycles. The number of nitrogens with one attached hydrogen (secondary N) is 1. The Morgan fingerprint density at radius 2 is 1.97 bits per heavy atom. The molecule has 0 bridgehead atoms. The van der Waals surface area contributed by atoms with Crippen molar-refractivity contribution in [1.29, 1.82) is 0 Å². The Balaban J connectivity index is 1.55. The Kier molecular flexibility index (Phi) is 6.51. The molecule has 168 valence electrons. The van der Waals surface area contributed by atoms with Crippen LogP contribution >= 0.6 is 11.6 Å². The van der Waals surface area contributed by atoms with E-state index in [9.17, 15) is 4.79 Å². The number of benzene rings is 2. The van der Waals surface area contributed by atoms with Gasteiger partial charge in [-0.1, -0.05) is 29.8 Å². The highest BCUT2D eigenvalue weighted by Gasteiger charge is 2.52. The SMILES string of the molecule is COc1ccc([C@@]23CCC(=[N+]=NC(=O)Nc4ccccc4Cl)C[C@@H]2N(C)CC3)cc1OC. The number of carbonyl (C=O) groups excluding carboxylic acids is 1. The minimum atomic E-state index is -0.526. The van der Waals surface area contributed by atoms with Gasteiger partial charge in [-0.15, -0.1) is 0 Å². The van der Waals surface area contributed by atoms with Gasteiger partial charge in [0.25, 0.3) is 0 Å².